The molecule has 0 radical (unpaired) electrons. The summed E-state index contributed by atoms with van der Waals surface area (Å²) in [7, 11) is -1.68. The van der Waals surface area contributed by atoms with Crippen molar-refractivity contribution in [2.24, 2.45) is 0 Å². The van der Waals surface area contributed by atoms with E-state index in [0.29, 0.717) is 11.0 Å². The van der Waals surface area contributed by atoms with Gasteiger partial charge in [0.05, 0.1) is 8.07 Å². The van der Waals surface area contributed by atoms with Gasteiger partial charge in [0.25, 0.3) is 0 Å². The van der Waals surface area contributed by atoms with Gasteiger partial charge in [-0.1, -0.05) is 90.4 Å². The molecule has 1 aliphatic carbocycles. The first kappa shape index (κ1) is 19.5. The lowest BCUT2D eigenvalue weighted by Crippen LogP contribution is -2.52. The Morgan fingerprint density at radius 2 is 1.62 bits per heavy atom. The van der Waals surface area contributed by atoms with Crippen molar-refractivity contribution in [2.75, 3.05) is 0 Å². The van der Waals surface area contributed by atoms with Gasteiger partial charge >= 0.3 is 0 Å². The fraction of sp³-hybridized carbons (Fsp3) is 0.583. The van der Waals surface area contributed by atoms with Crippen molar-refractivity contribution in [3.05, 3.63) is 41.7 Å². The third-order valence-electron chi connectivity index (χ3n) is 6.90. The quantitative estimate of drug-likeness (QED) is 0.517. The average molecular weight is 369 g/mol. The summed E-state index contributed by atoms with van der Waals surface area (Å²) in [6.07, 6.45) is 7.75. The van der Waals surface area contributed by atoms with E-state index in [-0.39, 0.29) is 0 Å². The molecule has 0 unspecified atom stereocenters. The van der Waals surface area contributed by atoms with Crippen LogP contribution in [0.5, 0.6) is 0 Å². The van der Waals surface area contributed by atoms with E-state index < -0.39 is 8.07 Å². The summed E-state index contributed by atoms with van der Waals surface area (Å²) in [4.78, 5) is 0. The van der Waals surface area contributed by atoms with Gasteiger partial charge in [0, 0.05) is 11.5 Å². The first-order chi connectivity index (χ1) is 12.3. The maximum atomic E-state index is 6.78. The topological polar surface area (TPSA) is 13.1 Å². The molecule has 1 aromatic heterocycles. The molecule has 142 valence electrons. The molecule has 0 amide bonds. The van der Waals surface area contributed by atoms with Crippen LogP contribution >= 0.6 is 0 Å². The molecule has 0 saturated heterocycles. The van der Waals surface area contributed by atoms with E-state index in [1.54, 1.807) is 5.19 Å². The van der Waals surface area contributed by atoms with Crippen LogP contribution in [0.15, 0.2) is 34.7 Å². The second-order valence-corrected chi connectivity index (χ2v) is 14.8. The van der Waals surface area contributed by atoms with Crippen LogP contribution in [0.3, 0.4) is 0 Å². The van der Waals surface area contributed by atoms with Gasteiger partial charge in [0.2, 0.25) is 0 Å². The summed E-state index contributed by atoms with van der Waals surface area (Å²) < 4.78 is 6.78. The third kappa shape index (κ3) is 3.45. The van der Waals surface area contributed by atoms with Crippen molar-refractivity contribution in [1.82, 2.24) is 0 Å². The van der Waals surface area contributed by atoms with Gasteiger partial charge in [-0.3, -0.25) is 0 Å². The largest absolute Gasteiger partial charge is 0.461 e. The van der Waals surface area contributed by atoms with Crippen LogP contribution in [0, 0.1) is 0 Å². The molecule has 1 aliphatic rings. The van der Waals surface area contributed by atoms with Crippen LogP contribution in [0.2, 0.25) is 18.1 Å². The van der Waals surface area contributed by atoms with E-state index in [1.165, 1.54) is 49.0 Å². The molecule has 0 bridgehead atoms. The summed E-state index contributed by atoms with van der Waals surface area (Å²) in [6.45, 7) is 14.7. The van der Waals surface area contributed by atoms with Crippen LogP contribution in [0.4, 0.5) is 0 Å². The highest BCUT2D eigenvalue weighted by molar-refractivity contribution is 6.92. The Labute approximate surface area is 161 Å². The lowest BCUT2D eigenvalue weighted by atomic mass is 9.87. The predicted molar refractivity (Wildman–Crippen MR) is 116 cm³/mol. The van der Waals surface area contributed by atoms with Crippen molar-refractivity contribution < 1.29 is 4.42 Å². The molecule has 0 spiro atoms. The highest BCUT2D eigenvalue weighted by Crippen LogP contribution is 2.43. The lowest BCUT2D eigenvalue weighted by molar-refractivity contribution is 0.380. The zero-order valence-electron chi connectivity index (χ0n) is 17.6. The summed E-state index contributed by atoms with van der Waals surface area (Å²) >= 11 is 0. The van der Waals surface area contributed by atoms with Gasteiger partial charge < -0.3 is 4.42 Å². The third-order valence-corrected chi connectivity index (χ3v) is 12.4. The van der Waals surface area contributed by atoms with Crippen LogP contribution in [0.1, 0.15) is 77.0 Å². The Morgan fingerprint density at radius 3 is 2.15 bits per heavy atom. The number of rotatable bonds is 4. The molecule has 0 atom stereocenters. The molecule has 1 aromatic carbocycles. The van der Waals surface area contributed by atoms with Crippen molar-refractivity contribution in [2.45, 2.75) is 90.3 Å². The molecule has 2 aromatic rings. The van der Waals surface area contributed by atoms with Crippen molar-refractivity contribution in [3.63, 3.8) is 0 Å². The number of benzene rings is 1. The maximum Gasteiger partial charge on any atom is 0.137 e. The standard InChI is InChI=1S/C24H36OSi/c1-7-20-21(18-14-10-8-11-15-18)25-22(19-16-12-9-13-17-19)23(20)26(5,6)24(2,3)4/h8,10-11,14-15,19H,7,9,12-13,16-17H2,1-6H3. The molecule has 0 aliphatic heterocycles. The molecule has 1 fully saturated rings. The fourth-order valence-corrected chi connectivity index (χ4v) is 7.02. The minimum atomic E-state index is -1.68. The highest BCUT2D eigenvalue weighted by Gasteiger charge is 2.43. The summed E-state index contributed by atoms with van der Waals surface area (Å²) in [5.74, 6) is 3.12. The summed E-state index contributed by atoms with van der Waals surface area (Å²) in [5.41, 5.74) is 2.73. The first-order valence-electron chi connectivity index (χ1n) is 10.5. The molecular weight excluding hydrogens is 332 g/mol. The van der Waals surface area contributed by atoms with Crippen molar-refractivity contribution in [1.29, 1.82) is 0 Å². The molecule has 2 heteroatoms. The van der Waals surface area contributed by atoms with E-state index in [0.717, 1.165) is 12.2 Å². The monoisotopic (exact) mass is 368 g/mol. The van der Waals surface area contributed by atoms with Gasteiger partial charge in [0.1, 0.15) is 11.5 Å². The van der Waals surface area contributed by atoms with Gasteiger partial charge in [-0.05, 0) is 35.1 Å². The van der Waals surface area contributed by atoms with Crippen LogP contribution in [-0.4, -0.2) is 8.07 Å². The lowest BCUT2D eigenvalue weighted by Gasteiger charge is -2.39. The van der Waals surface area contributed by atoms with Crippen LogP contribution < -0.4 is 5.19 Å². The molecule has 1 saturated carbocycles. The SMILES string of the molecule is CCc1c(-c2ccccc2)oc(C2CCCCC2)c1[Si](C)(C)C(C)(C)C. The number of furan rings is 1. The summed E-state index contributed by atoms with van der Waals surface area (Å²) in [5, 5.41) is 1.95. The Kier molecular flexibility index (Phi) is 5.53. The Balaban J connectivity index is 2.23. The molecule has 3 rings (SSSR count). The Bertz CT molecular complexity index is 728. The zero-order chi connectivity index (χ0) is 18.9. The van der Waals surface area contributed by atoms with Gasteiger partial charge in [-0.25, -0.2) is 0 Å². The molecular formula is C24H36OSi. The molecule has 0 N–H and O–H groups in total. The molecule has 1 nitrogen and oxygen atoms in total. The van der Waals surface area contributed by atoms with Gasteiger partial charge in [-0.15, -0.1) is 0 Å². The van der Waals surface area contributed by atoms with Crippen LogP contribution in [-0.2, 0) is 6.42 Å². The Morgan fingerprint density at radius 1 is 1.00 bits per heavy atom. The van der Waals surface area contributed by atoms with E-state index in [9.17, 15) is 0 Å². The van der Waals surface area contributed by atoms with E-state index in [4.69, 9.17) is 4.42 Å². The summed E-state index contributed by atoms with van der Waals surface area (Å²) in [6, 6.07) is 10.8. The normalized spacial score (nSPS) is 16.8. The average Bonchev–Trinajstić information content (AvgIpc) is 3.02. The van der Waals surface area contributed by atoms with E-state index >= 15 is 0 Å². The second-order valence-electron chi connectivity index (χ2n) is 9.58. The Hall–Kier alpha value is -1.28. The van der Waals surface area contributed by atoms with E-state index in [1.807, 2.05) is 0 Å². The minimum absolute atomic E-state index is 0.318. The van der Waals surface area contributed by atoms with Crippen molar-refractivity contribution in [3.8, 4) is 11.3 Å². The van der Waals surface area contributed by atoms with Crippen molar-refractivity contribution >= 4 is 13.3 Å². The second kappa shape index (κ2) is 7.38. The van der Waals surface area contributed by atoms with Gasteiger partial charge in [-0.2, -0.15) is 0 Å². The molecule has 1 heterocycles. The van der Waals surface area contributed by atoms with E-state index in [2.05, 4.69) is 71.1 Å². The predicted octanol–water partition coefficient (Wildman–Crippen LogP) is 7.27. The zero-order valence-corrected chi connectivity index (χ0v) is 18.6. The van der Waals surface area contributed by atoms with Gasteiger partial charge in [0.15, 0.2) is 0 Å². The fourth-order valence-electron chi connectivity index (χ4n) is 4.36. The minimum Gasteiger partial charge on any atom is -0.461 e. The smallest absolute Gasteiger partial charge is 0.137 e. The van der Waals surface area contributed by atoms with Crippen LogP contribution in [0.25, 0.3) is 11.3 Å². The number of hydrogen-bond donors (Lipinski definition) is 0. The molecule has 26 heavy (non-hydrogen) atoms. The highest BCUT2D eigenvalue weighted by atomic mass is 28.3. The maximum absolute atomic E-state index is 6.78. The first-order valence-corrected chi connectivity index (χ1v) is 13.5. The number of hydrogen-bond acceptors (Lipinski definition) is 1.